The summed E-state index contributed by atoms with van der Waals surface area (Å²) in [6.07, 6.45) is 6.81. The third-order valence-corrected chi connectivity index (χ3v) is 3.11. The average molecular weight is 222 g/mol. The third kappa shape index (κ3) is 2.70. The summed E-state index contributed by atoms with van der Waals surface area (Å²) in [7, 11) is 0. The van der Waals surface area contributed by atoms with Crippen molar-refractivity contribution in [3.63, 3.8) is 0 Å². The second kappa shape index (κ2) is 5.14. The third-order valence-electron chi connectivity index (χ3n) is 2.03. The number of imidazole rings is 1. The Morgan fingerprint density at radius 1 is 1.47 bits per heavy atom. The van der Waals surface area contributed by atoms with Crippen molar-refractivity contribution < 1.29 is 0 Å². The second-order valence-electron chi connectivity index (χ2n) is 3.25. The number of fused-ring (bicyclic) bond motifs is 1. The van der Waals surface area contributed by atoms with Gasteiger partial charge in [-0.2, -0.15) is 11.8 Å². The van der Waals surface area contributed by atoms with Crippen LogP contribution < -0.4 is 5.73 Å². The Kier molecular flexibility index (Phi) is 3.58. The number of nitrogens with zero attached hydrogens (tertiary/aromatic N) is 3. The molecule has 0 amide bonds. The Balaban J connectivity index is 1.97. The van der Waals surface area contributed by atoms with E-state index in [0.717, 1.165) is 35.9 Å². The summed E-state index contributed by atoms with van der Waals surface area (Å²) < 4.78 is 1.94. The van der Waals surface area contributed by atoms with Crippen molar-refractivity contribution in [2.75, 3.05) is 12.3 Å². The molecule has 0 fully saturated rings. The Hall–Kier alpha value is -1.07. The Bertz CT molecular complexity index is 393. The van der Waals surface area contributed by atoms with E-state index >= 15 is 0 Å². The van der Waals surface area contributed by atoms with Crippen molar-refractivity contribution in [3.8, 4) is 0 Å². The highest BCUT2D eigenvalue weighted by Gasteiger charge is 2.01. The molecule has 0 aliphatic carbocycles. The van der Waals surface area contributed by atoms with Gasteiger partial charge in [0.15, 0.2) is 0 Å². The van der Waals surface area contributed by atoms with Gasteiger partial charge in [-0.1, -0.05) is 0 Å². The van der Waals surface area contributed by atoms with Crippen molar-refractivity contribution in [3.05, 3.63) is 30.4 Å². The largest absolute Gasteiger partial charge is 0.330 e. The summed E-state index contributed by atoms with van der Waals surface area (Å²) in [5, 5.41) is 0. The zero-order chi connectivity index (χ0) is 10.5. The standard InChI is InChI=1S/C10H14N4S/c11-3-1-6-15-8-9-7-14-5-2-4-12-10(14)13-9/h2,4-5,7H,1,3,6,8,11H2. The van der Waals surface area contributed by atoms with Crippen molar-refractivity contribution in [2.45, 2.75) is 12.2 Å². The first-order valence-electron chi connectivity index (χ1n) is 4.96. The molecule has 15 heavy (non-hydrogen) atoms. The van der Waals surface area contributed by atoms with Crippen LogP contribution in [0.15, 0.2) is 24.7 Å². The molecule has 4 nitrogen and oxygen atoms in total. The maximum Gasteiger partial charge on any atom is 0.233 e. The number of nitrogens with two attached hydrogens (primary N) is 1. The maximum absolute atomic E-state index is 5.43. The van der Waals surface area contributed by atoms with E-state index in [0.29, 0.717) is 0 Å². The summed E-state index contributed by atoms with van der Waals surface area (Å²) in [5.74, 6) is 2.80. The van der Waals surface area contributed by atoms with Crippen LogP contribution in [0, 0.1) is 0 Å². The van der Waals surface area contributed by atoms with Gasteiger partial charge in [0, 0.05) is 24.3 Å². The van der Waals surface area contributed by atoms with Crippen molar-refractivity contribution in [2.24, 2.45) is 5.73 Å². The molecule has 0 aromatic carbocycles. The van der Waals surface area contributed by atoms with Gasteiger partial charge in [-0.05, 0) is 24.8 Å². The molecule has 0 atom stereocenters. The first-order valence-corrected chi connectivity index (χ1v) is 6.12. The molecule has 0 unspecified atom stereocenters. The first-order chi connectivity index (χ1) is 7.40. The molecule has 0 spiro atoms. The zero-order valence-corrected chi connectivity index (χ0v) is 9.28. The molecule has 5 heteroatoms. The van der Waals surface area contributed by atoms with E-state index < -0.39 is 0 Å². The Morgan fingerprint density at radius 3 is 3.20 bits per heavy atom. The number of aromatic nitrogens is 3. The zero-order valence-electron chi connectivity index (χ0n) is 8.47. The van der Waals surface area contributed by atoms with Crippen LogP contribution >= 0.6 is 11.8 Å². The van der Waals surface area contributed by atoms with Gasteiger partial charge in [0.1, 0.15) is 0 Å². The predicted octanol–water partition coefficient (Wildman–Crippen LogP) is 1.31. The highest BCUT2D eigenvalue weighted by molar-refractivity contribution is 7.98. The number of thioether (sulfide) groups is 1. The van der Waals surface area contributed by atoms with Crippen LogP contribution in [0.1, 0.15) is 12.1 Å². The SMILES string of the molecule is NCCCSCc1cn2cccnc2n1. The minimum Gasteiger partial charge on any atom is -0.330 e. The molecule has 0 saturated carbocycles. The highest BCUT2D eigenvalue weighted by Crippen LogP contribution is 2.12. The Labute approximate surface area is 92.9 Å². The number of rotatable bonds is 5. The van der Waals surface area contributed by atoms with E-state index in [1.54, 1.807) is 6.20 Å². The first kappa shape index (κ1) is 10.4. The molecule has 2 aromatic rings. The topological polar surface area (TPSA) is 56.2 Å². The molecule has 0 saturated heterocycles. The lowest BCUT2D eigenvalue weighted by Gasteiger charge is -1.95. The van der Waals surface area contributed by atoms with Crippen LogP contribution in [0.2, 0.25) is 0 Å². The van der Waals surface area contributed by atoms with Crippen molar-refractivity contribution in [1.82, 2.24) is 14.4 Å². The number of hydrogen-bond donors (Lipinski definition) is 1. The van der Waals surface area contributed by atoms with Gasteiger partial charge in [-0.3, -0.25) is 4.40 Å². The maximum atomic E-state index is 5.43. The molecule has 0 aliphatic heterocycles. The van der Waals surface area contributed by atoms with Gasteiger partial charge in [-0.25, -0.2) is 9.97 Å². The predicted molar refractivity (Wildman–Crippen MR) is 62.8 cm³/mol. The van der Waals surface area contributed by atoms with Crippen LogP contribution in [0.25, 0.3) is 5.78 Å². The molecule has 2 N–H and O–H groups in total. The van der Waals surface area contributed by atoms with Gasteiger partial charge in [-0.15, -0.1) is 0 Å². The molecule has 2 aromatic heterocycles. The van der Waals surface area contributed by atoms with E-state index in [1.165, 1.54) is 0 Å². The van der Waals surface area contributed by atoms with Crippen molar-refractivity contribution >= 4 is 17.5 Å². The monoisotopic (exact) mass is 222 g/mol. The minimum atomic E-state index is 0.764. The normalized spacial score (nSPS) is 11.0. The Morgan fingerprint density at radius 2 is 2.40 bits per heavy atom. The molecule has 2 heterocycles. The van der Waals surface area contributed by atoms with Gasteiger partial charge >= 0.3 is 0 Å². The molecule has 0 radical (unpaired) electrons. The summed E-state index contributed by atoms with van der Waals surface area (Å²) in [4.78, 5) is 8.58. The minimum absolute atomic E-state index is 0.764. The molecular formula is C10H14N4S. The van der Waals surface area contributed by atoms with Gasteiger partial charge in [0.2, 0.25) is 5.78 Å². The van der Waals surface area contributed by atoms with E-state index in [-0.39, 0.29) is 0 Å². The highest BCUT2D eigenvalue weighted by atomic mass is 32.2. The van der Waals surface area contributed by atoms with Gasteiger partial charge in [0.25, 0.3) is 0 Å². The van der Waals surface area contributed by atoms with Crippen LogP contribution in [0.4, 0.5) is 0 Å². The van der Waals surface area contributed by atoms with E-state index in [4.69, 9.17) is 5.73 Å². The summed E-state index contributed by atoms with van der Waals surface area (Å²) in [6, 6.07) is 1.90. The molecule has 2 rings (SSSR count). The van der Waals surface area contributed by atoms with Crippen molar-refractivity contribution in [1.29, 1.82) is 0 Å². The lowest BCUT2D eigenvalue weighted by atomic mass is 10.5. The fourth-order valence-electron chi connectivity index (χ4n) is 1.31. The average Bonchev–Trinajstić information content (AvgIpc) is 2.67. The van der Waals surface area contributed by atoms with Crippen LogP contribution in [0.3, 0.4) is 0 Å². The molecule has 0 aliphatic rings. The second-order valence-corrected chi connectivity index (χ2v) is 4.36. The summed E-state index contributed by atoms with van der Waals surface area (Å²) in [6.45, 7) is 0.764. The summed E-state index contributed by atoms with van der Waals surface area (Å²) in [5.41, 5.74) is 6.51. The molecular weight excluding hydrogens is 208 g/mol. The van der Waals surface area contributed by atoms with E-state index in [2.05, 4.69) is 9.97 Å². The molecule has 80 valence electrons. The van der Waals surface area contributed by atoms with Crippen LogP contribution in [-0.4, -0.2) is 26.7 Å². The van der Waals surface area contributed by atoms with Crippen LogP contribution in [-0.2, 0) is 5.75 Å². The lowest BCUT2D eigenvalue weighted by molar-refractivity contribution is 0.942. The van der Waals surface area contributed by atoms with Gasteiger partial charge < -0.3 is 5.73 Å². The van der Waals surface area contributed by atoms with Crippen LogP contribution in [0.5, 0.6) is 0 Å². The quantitative estimate of drug-likeness (QED) is 0.775. The summed E-state index contributed by atoms with van der Waals surface area (Å²) >= 11 is 1.86. The van der Waals surface area contributed by atoms with E-state index in [9.17, 15) is 0 Å². The fraction of sp³-hybridized carbons (Fsp3) is 0.400. The molecule has 0 bridgehead atoms. The lowest BCUT2D eigenvalue weighted by Crippen LogP contribution is -1.99. The van der Waals surface area contributed by atoms with Gasteiger partial charge in [0.05, 0.1) is 5.69 Å². The van der Waals surface area contributed by atoms with E-state index in [1.807, 2.05) is 34.6 Å². The smallest absolute Gasteiger partial charge is 0.233 e. The number of hydrogen-bond acceptors (Lipinski definition) is 4. The fourth-order valence-corrected chi connectivity index (χ4v) is 2.17.